The van der Waals surface area contributed by atoms with Crippen molar-refractivity contribution in [2.75, 3.05) is 13.6 Å². The van der Waals surface area contributed by atoms with E-state index in [4.69, 9.17) is 5.73 Å². The van der Waals surface area contributed by atoms with Crippen molar-refractivity contribution in [1.82, 2.24) is 20.0 Å². The van der Waals surface area contributed by atoms with E-state index in [1.165, 1.54) is 4.90 Å². The molecule has 1 heterocycles. The number of hydrogen-bond donors (Lipinski definition) is 2. The Morgan fingerprint density at radius 1 is 1.63 bits per heavy atom. The molecule has 1 unspecified atom stereocenters. The second-order valence-electron chi connectivity index (χ2n) is 4.96. The molecule has 0 aliphatic heterocycles. The van der Waals surface area contributed by atoms with Gasteiger partial charge in [-0.15, -0.1) is 0 Å². The van der Waals surface area contributed by atoms with Crippen molar-refractivity contribution < 1.29 is 9.59 Å². The number of rotatable bonds is 5. The number of likely N-dealkylation sites (N-methyl/N-ethyl adjacent to an activating group) is 1. The van der Waals surface area contributed by atoms with Gasteiger partial charge >= 0.3 is 0 Å². The van der Waals surface area contributed by atoms with Gasteiger partial charge in [0.2, 0.25) is 11.8 Å². The molecule has 2 rings (SSSR count). The quantitative estimate of drug-likeness (QED) is 0.725. The lowest BCUT2D eigenvalue weighted by molar-refractivity contribution is -0.135. The molecule has 0 aromatic carbocycles. The highest BCUT2D eigenvalue weighted by Gasteiger charge is 2.26. The number of aromatic nitrogens is 2. The summed E-state index contributed by atoms with van der Waals surface area (Å²) in [5.74, 6) is -0.435. The van der Waals surface area contributed by atoms with Crippen molar-refractivity contribution in [2.45, 2.75) is 24.9 Å². The van der Waals surface area contributed by atoms with Gasteiger partial charge in [0.25, 0.3) is 0 Å². The standard InChI is InChI=1S/C12H19N5O2/c1-16(7-10(18)15-9-3-4-9)12(19)11(13)8-5-14-17(2)6-8/h5-6,9,11H,3-4,7,13H2,1-2H3,(H,15,18). The minimum atomic E-state index is -0.785. The Kier molecular flexibility index (Phi) is 3.84. The number of nitrogens with zero attached hydrogens (tertiary/aromatic N) is 3. The largest absolute Gasteiger partial charge is 0.352 e. The van der Waals surface area contributed by atoms with Gasteiger partial charge in [0.05, 0.1) is 12.7 Å². The van der Waals surface area contributed by atoms with E-state index >= 15 is 0 Å². The summed E-state index contributed by atoms with van der Waals surface area (Å²) < 4.78 is 1.59. The second kappa shape index (κ2) is 5.40. The van der Waals surface area contributed by atoms with Gasteiger partial charge in [-0.25, -0.2) is 0 Å². The molecule has 2 amide bonds. The summed E-state index contributed by atoms with van der Waals surface area (Å²) in [5, 5.41) is 6.81. The Labute approximate surface area is 111 Å². The fraction of sp³-hybridized carbons (Fsp3) is 0.583. The zero-order chi connectivity index (χ0) is 14.0. The van der Waals surface area contributed by atoms with Crippen molar-refractivity contribution in [1.29, 1.82) is 0 Å². The van der Waals surface area contributed by atoms with Crippen LogP contribution in [0.15, 0.2) is 12.4 Å². The van der Waals surface area contributed by atoms with Crippen molar-refractivity contribution in [2.24, 2.45) is 12.8 Å². The predicted octanol–water partition coefficient (Wildman–Crippen LogP) is -0.843. The molecule has 104 valence electrons. The summed E-state index contributed by atoms with van der Waals surface area (Å²) >= 11 is 0. The van der Waals surface area contributed by atoms with Crippen LogP contribution in [0.4, 0.5) is 0 Å². The Balaban J connectivity index is 1.88. The first-order valence-electron chi connectivity index (χ1n) is 6.26. The van der Waals surface area contributed by atoms with Crippen LogP contribution in [0.3, 0.4) is 0 Å². The van der Waals surface area contributed by atoms with Crippen LogP contribution < -0.4 is 11.1 Å². The Hall–Kier alpha value is -1.89. The first-order valence-corrected chi connectivity index (χ1v) is 6.26. The average Bonchev–Trinajstić information content (AvgIpc) is 3.06. The maximum Gasteiger partial charge on any atom is 0.244 e. The van der Waals surface area contributed by atoms with Gasteiger partial charge in [0.1, 0.15) is 6.04 Å². The van der Waals surface area contributed by atoms with Gasteiger partial charge in [0, 0.05) is 31.9 Å². The van der Waals surface area contributed by atoms with Crippen LogP contribution in [-0.4, -0.2) is 46.1 Å². The maximum absolute atomic E-state index is 12.1. The first-order chi connectivity index (χ1) is 8.97. The normalized spacial score (nSPS) is 15.9. The summed E-state index contributed by atoms with van der Waals surface area (Å²) in [5.41, 5.74) is 6.51. The van der Waals surface area contributed by atoms with Gasteiger partial charge in [-0.3, -0.25) is 14.3 Å². The minimum Gasteiger partial charge on any atom is -0.352 e. The third kappa shape index (κ3) is 3.54. The van der Waals surface area contributed by atoms with Crippen LogP contribution in [0, 0.1) is 0 Å². The zero-order valence-corrected chi connectivity index (χ0v) is 11.2. The number of nitrogens with two attached hydrogens (primary N) is 1. The minimum absolute atomic E-state index is 0.0310. The molecule has 7 heteroatoms. The van der Waals surface area contributed by atoms with Crippen LogP contribution in [0.25, 0.3) is 0 Å². The summed E-state index contributed by atoms with van der Waals surface area (Å²) in [6.45, 7) is 0.0310. The molecule has 0 bridgehead atoms. The smallest absolute Gasteiger partial charge is 0.244 e. The molecule has 1 saturated carbocycles. The fourth-order valence-electron chi connectivity index (χ4n) is 1.78. The van der Waals surface area contributed by atoms with Gasteiger partial charge in [-0.1, -0.05) is 0 Å². The van der Waals surface area contributed by atoms with Gasteiger partial charge in [-0.05, 0) is 12.8 Å². The Morgan fingerprint density at radius 3 is 2.84 bits per heavy atom. The Bertz CT molecular complexity index is 480. The monoisotopic (exact) mass is 265 g/mol. The lowest BCUT2D eigenvalue weighted by Gasteiger charge is -2.20. The number of nitrogens with one attached hydrogen (secondary N) is 1. The van der Waals surface area contributed by atoms with E-state index in [-0.39, 0.29) is 18.4 Å². The number of carbonyl (C=O) groups excluding carboxylic acids is 2. The molecule has 0 saturated heterocycles. The zero-order valence-electron chi connectivity index (χ0n) is 11.2. The molecule has 1 aromatic heterocycles. The maximum atomic E-state index is 12.1. The number of amides is 2. The molecule has 1 aromatic rings. The van der Waals surface area contributed by atoms with Crippen molar-refractivity contribution >= 4 is 11.8 Å². The summed E-state index contributed by atoms with van der Waals surface area (Å²) in [7, 11) is 3.33. The van der Waals surface area contributed by atoms with Gasteiger partial charge in [-0.2, -0.15) is 5.10 Å². The lowest BCUT2D eigenvalue weighted by atomic mass is 10.1. The molecule has 1 atom stereocenters. The fourth-order valence-corrected chi connectivity index (χ4v) is 1.78. The molecule has 1 aliphatic rings. The highest BCUT2D eigenvalue weighted by atomic mass is 16.2. The third-order valence-electron chi connectivity index (χ3n) is 3.05. The highest BCUT2D eigenvalue weighted by Crippen LogP contribution is 2.18. The van der Waals surface area contributed by atoms with E-state index in [9.17, 15) is 9.59 Å². The van der Waals surface area contributed by atoms with Gasteiger partial charge in [0.15, 0.2) is 0 Å². The lowest BCUT2D eigenvalue weighted by Crippen LogP contribution is -2.42. The van der Waals surface area contributed by atoms with Crippen LogP contribution in [0.5, 0.6) is 0 Å². The van der Waals surface area contributed by atoms with E-state index in [1.807, 2.05) is 0 Å². The molecule has 0 radical (unpaired) electrons. The van der Waals surface area contributed by atoms with Crippen molar-refractivity contribution in [3.63, 3.8) is 0 Å². The van der Waals surface area contributed by atoms with Crippen molar-refractivity contribution in [3.05, 3.63) is 18.0 Å². The molecule has 7 nitrogen and oxygen atoms in total. The summed E-state index contributed by atoms with van der Waals surface area (Å²) in [4.78, 5) is 25.0. The highest BCUT2D eigenvalue weighted by molar-refractivity contribution is 5.88. The molecule has 3 N–H and O–H groups in total. The van der Waals surface area contributed by atoms with Gasteiger partial charge < -0.3 is 16.0 Å². The molecule has 1 aliphatic carbocycles. The first kappa shape index (κ1) is 13.5. The molecular formula is C12H19N5O2. The summed E-state index contributed by atoms with van der Waals surface area (Å²) in [6.07, 6.45) is 5.30. The predicted molar refractivity (Wildman–Crippen MR) is 68.9 cm³/mol. The van der Waals surface area contributed by atoms with Crippen LogP contribution in [0.2, 0.25) is 0 Å². The van der Waals surface area contributed by atoms with E-state index in [2.05, 4.69) is 10.4 Å². The number of hydrogen-bond acceptors (Lipinski definition) is 4. The topological polar surface area (TPSA) is 93.2 Å². The van der Waals surface area contributed by atoms with E-state index in [1.54, 1.807) is 31.2 Å². The van der Waals surface area contributed by atoms with E-state index in [0.29, 0.717) is 11.6 Å². The summed E-state index contributed by atoms with van der Waals surface area (Å²) in [6, 6.07) is -0.490. The SMILES string of the molecule is CN(CC(=O)NC1CC1)C(=O)C(N)c1cnn(C)c1. The number of carbonyl (C=O) groups is 2. The van der Waals surface area contributed by atoms with Crippen molar-refractivity contribution in [3.8, 4) is 0 Å². The molecular weight excluding hydrogens is 246 g/mol. The molecule has 19 heavy (non-hydrogen) atoms. The van der Waals surface area contributed by atoms with E-state index in [0.717, 1.165) is 12.8 Å². The molecule has 1 fully saturated rings. The third-order valence-corrected chi connectivity index (χ3v) is 3.05. The van der Waals surface area contributed by atoms with E-state index < -0.39 is 6.04 Å². The van der Waals surface area contributed by atoms with Crippen LogP contribution in [-0.2, 0) is 16.6 Å². The van der Waals surface area contributed by atoms with Crippen LogP contribution in [0.1, 0.15) is 24.4 Å². The average molecular weight is 265 g/mol. The Morgan fingerprint density at radius 2 is 2.32 bits per heavy atom. The second-order valence-corrected chi connectivity index (χ2v) is 4.96. The molecule has 0 spiro atoms. The van der Waals surface area contributed by atoms with Crippen LogP contribution >= 0.6 is 0 Å². The number of aryl methyl sites for hydroxylation is 1.